The molecular formula is C21H28O4. The first-order chi connectivity index (χ1) is 12.0. The predicted molar refractivity (Wildman–Crippen MR) is 99.4 cm³/mol. The van der Waals surface area contributed by atoms with E-state index < -0.39 is 0 Å². The van der Waals surface area contributed by atoms with E-state index in [1.165, 1.54) is 0 Å². The van der Waals surface area contributed by atoms with Crippen molar-refractivity contribution in [1.29, 1.82) is 0 Å². The molecule has 0 fully saturated rings. The summed E-state index contributed by atoms with van der Waals surface area (Å²) in [6.45, 7) is 4.07. The third-order valence-electron chi connectivity index (χ3n) is 4.61. The van der Waals surface area contributed by atoms with Crippen LogP contribution in [0.1, 0.15) is 47.2 Å². The number of aliphatic hydroxyl groups excluding tert-OH is 2. The first kappa shape index (κ1) is 19.3. The summed E-state index contributed by atoms with van der Waals surface area (Å²) in [5, 5.41) is 39.6. The van der Waals surface area contributed by atoms with E-state index in [0.29, 0.717) is 19.3 Å². The molecule has 0 heterocycles. The lowest BCUT2D eigenvalue weighted by Crippen LogP contribution is -2.01. The molecule has 0 bridgehead atoms. The highest BCUT2D eigenvalue weighted by Gasteiger charge is 2.15. The van der Waals surface area contributed by atoms with Gasteiger partial charge in [0.05, 0.1) is 0 Å². The van der Waals surface area contributed by atoms with E-state index in [9.17, 15) is 20.4 Å². The van der Waals surface area contributed by atoms with Crippen molar-refractivity contribution < 1.29 is 20.4 Å². The number of hydrogen-bond acceptors (Lipinski definition) is 4. The molecule has 4 nitrogen and oxygen atoms in total. The topological polar surface area (TPSA) is 80.9 Å². The lowest BCUT2D eigenvalue weighted by atomic mass is 9.93. The molecule has 136 valence electrons. The lowest BCUT2D eigenvalue weighted by Gasteiger charge is -2.15. The number of aliphatic hydroxyl groups is 2. The van der Waals surface area contributed by atoms with Crippen LogP contribution >= 0.6 is 0 Å². The van der Waals surface area contributed by atoms with Crippen LogP contribution in [0, 0.1) is 0 Å². The standard InChI is InChI=1S/C21H28O4/c1-3-14-9-16(5-7-22)20(24)18(11-14)13-19-12-15(4-2)10-17(6-8-23)21(19)25/h9-12,22-25H,3-8,13H2,1-2H3. The largest absolute Gasteiger partial charge is 0.507 e. The van der Waals surface area contributed by atoms with Crippen molar-refractivity contribution in [3.8, 4) is 11.5 Å². The molecule has 4 heteroatoms. The van der Waals surface area contributed by atoms with E-state index in [1.54, 1.807) is 0 Å². The molecule has 0 aliphatic heterocycles. The van der Waals surface area contributed by atoms with Gasteiger partial charge in [0.2, 0.25) is 0 Å². The Morgan fingerprint density at radius 2 is 1.00 bits per heavy atom. The SMILES string of the molecule is CCc1cc(CCO)c(O)c(Cc2cc(CC)cc(CCO)c2O)c1. The molecule has 0 unspecified atom stereocenters. The normalized spacial score (nSPS) is 11.0. The molecule has 0 aliphatic carbocycles. The lowest BCUT2D eigenvalue weighted by molar-refractivity contribution is 0.297. The Balaban J connectivity index is 2.48. The summed E-state index contributed by atoms with van der Waals surface area (Å²) < 4.78 is 0. The average Bonchev–Trinajstić information content (AvgIpc) is 2.61. The zero-order chi connectivity index (χ0) is 18.4. The molecule has 0 spiro atoms. The molecule has 0 atom stereocenters. The minimum atomic E-state index is -0.0165. The first-order valence-corrected chi connectivity index (χ1v) is 8.92. The van der Waals surface area contributed by atoms with Gasteiger partial charge in [0.1, 0.15) is 11.5 Å². The Morgan fingerprint density at radius 1 is 0.640 bits per heavy atom. The van der Waals surface area contributed by atoms with Crippen LogP contribution in [0.15, 0.2) is 24.3 Å². The van der Waals surface area contributed by atoms with Crippen LogP contribution in [0.5, 0.6) is 11.5 Å². The molecule has 0 amide bonds. The summed E-state index contributed by atoms with van der Waals surface area (Å²) in [7, 11) is 0. The highest BCUT2D eigenvalue weighted by atomic mass is 16.3. The number of hydrogen-bond donors (Lipinski definition) is 4. The van der Waals surface area contributed by atoms with E-state index >= 15 is 0 Å². The molecule has 25 heavy (non-hydrogen) atoms. The maximum absolute atomic E-state index is 10.6. The fraction of sp³-hybridized carbons (Fsp3) is 0.429. The summed E-state index contributed by atoms with van der Waals surface area (Å²) in [6.07, 6.45) is 2.90. The number of benzene rings is 2. The van der Waals surface area contributed by atoms with Crippen molar-refractivity contribution in [2.24, 2.45) is 0 Å². The summed E-state index contributed by atoms with van der Waals surface area (Å²) in [5.74, 6) is 0.382. The van der Waals surface area contributed by atoms with Crippen molar-refractivity contribution in [2.45, 2.75) is 46.0 Å². The Labute approximate surface area is 149 Å². The number of phenols is 2. The minimum absolute atomic E-state index is 0.0165. The Hall–Kier alpha value is -2.04. The van der Waals surface area contributed by atoms with E-state index in [4.69, 9.17) is 0 Å². The predicted octanol–water partition coefficient (Wildman–Crippen LogP) is 2.88. The molecule has 0 saturated carbocycles. The van der Waals surface area contributed by atoms with Gasteiger partial charge in [-0.1, -0.05) is 38.1 Å². The van der Waals surface area contributed by atoms with Gasteiger partial charge in [-0.15, -0.1) is 0 Å². The average molecular weight is 344 g/mol. The molecule has 0 aromatic heterocycles. The van der Waals surface area contributed by atoms with Crippen LogP contribution in [0.25, 0.3) is 0 Å². The second-order valence-corrected chi connectivity index (χ2v) is 6.36. The molecule has 2 aromatic rings. The number of rotatable bonds is 8. The highest BCUT2D eigenvalue weighted by molar-refractivity contribution is 5.51. The maximum Gasteiger partial charge on any atom is 0.122 e. The van der Waals surface area contributed by atoms with Crippen molar-refractivity contribution >= 4 is 0 Å². The fourth-order valence-corrected chi connectivity index (χ4v) is 3.17. The van der Waals surface area contributed by atoms with Crippen LogP contribution in [-0.2, 0) is 32.1 Å². The van der Waals surface area contributed by atoms with Gasteiger partial charge in [0.25, 0.3) is 0 Å². The summed E-state index contributed by atoms with van der Waals surface area (Å²) in [4.78, 5) is 0. The van der Waals surface area contributed by atoms with Crippen molar-refractivity contribution in [3.63, 3.8) is 0 Å². The van der Waals surface area contributed by atoms with Gasteiger partial charge in [-0.3, -0.25) is 0 Å². The van der Waals surface area contributed by atoms with Gasteiger partial charge in [-0.25, -0.2) is 0 Å². The maximum atomic E-state index is 10.6. The van der Waals surface area contributed by atoms with Crippen LogP contribution in [0.4, 0.5) is 0 Å². The van der Waals surface area contributed by atoms with Crippen LogP contribution in [0.3, 0.4) is 0 Å². The molecule has 2 aromatic carbocycles. The van der Waals surface area contributed by atoms with E-state index in [-0.39, 0.29) is 24.7 Å². The zero-order valence-electron chi connectivity index (χ0n) is 15.0. The van der Waals surface area contributed by atoms with Gasteiger partial charge >= 0.3 is 0 Å². The van der Waals surface area contributed by atoms with Crippen molar-refractivity contribution in [1.82, 2.24) is 0 Å². The Kier molecular flexibility index (Phi) is 6.85. The number of aryl methyl sites for hydroxylation is 2. The third kappa shape index (κ3) is 4.53. The first-order valence-electron chi connectivity index (χ1n) is 8.92. The van der Waals surface area contributed by atoms with Gasteiger partial charge < -0.3 is 20.4 Å². The van der Waals surface area contributed by atoms with E-state index in [1.807, 2.05) is 38.1 Å². The summed E-state index contributed by atoms with van der Waals surface area (Å²) in [5.41, 5.74) is 5.16. The zero-order valence-corrected chi connectivity index (χ0v) is 15.0. The minimum Gasteiger partial charge on any atom is -0.507 e. The van der Waals surface area contributed by atoms with Gasteiger partial charge in [-0.05, 0) is 59.1 Å². The molecule has 0 radical (unpaired) electrons. The van der Waals surface area contributed by atoms with Crippen molar-refractivity contribution in [2.75, 3.05) is 13.2 Å². The second kappa shape index (κ2) is 8.88. The third-order valence-corrected chi connectivity index (χ3v) is 4.61. The smallest absolute Gasteiger partial charge is 0.122 e. The Bertz CT molecular complexity index is 661. The van der Waals surface area contributed by atoms with Crippen molar-refractivity contribution in [3.05, 3.63) is 57.6 Å². The van der Waals surface area contributed by atoms with Crippen LogP contribution in [0.2, 0.25) is 0 Å². The number of phenolic OH excluding ortho intramolecular Hbond substituents is 2. The quantitative estimate of drug-likeness (QED) is 0.594. The molecule has 0 saturated heterocycles. The number of aromatic hydroxyl groups is 2. The molecular weight excluding hydrogens is 316 g/mol. The molecule has 4 N–H and O–H groups in total. The highest BCUT2D eigenvalue weighted by Crippen LogP contribution is 2.32. The second-order valence-electron chi connectivity index (χ2n) is 6.36. The fourth-order valence-electron chi connectivity index (χ4n) is 3.17. The van der Waals surface area contributed by atoms with E-state index in [0.717, 1.165) is 46.2 Å². The molecule has 0 aliphatic rings. The van der Waals surface area contributed by atoms with Crippen LogP contribution < -0.4 is 0 Å². The summed E-state index contributed by atoms with van der Waals surface area (Å²) >= 11 is 0. The summed E-state index contributed by atoms with van der Waals surface area (Å²) in [6, 6.07) is 7.77. The molecule has 2 rings (SSSR count). The monoisotopic (exact) mass is 344 g/mol. The van der Waals surface area contributed by atoms with Crippen LogP contribution in [-0.4, -0.2) is 33.6 Å². The van der Waals surface area contributed by atoms with E-state index in [2.05, 4.69) is 0 Å². The van der Waals surface area contributed by atoms with Gasteiger partial charge in [-0.2, -0.15) is 0 Å². The van der Waals surface area contributed by atoms with Gasteiger partial charge in [0.15, 0.2) is 0 Å². The van der Waals surface area contributed by atoms with Gasteiger partial charge in [0, 0.05) is 19.6 Å². The Morgan fingerprint density at radius 3 is 1.32 bits per heavy atom.